The molecule has 2 rings (SSSR count). The summed E-state index contributed by atoms with van der Waals surface area (Å²) in [7, 11) is 3.60. The van der Waals surface area contributed by atoms with Gasteiger partial charge in [0.15, 0.2) is 0 Å². The molecule has 0 saturated heterocycles. The first-order valence-electron chi connectivity index (χ1n) is 5.85. The minimum Gasteiger partial charge on any atom is -0.496 e. The SMILES string of the molecule is CNC(c1ncn[nH]1)c1cc(C)c(OC)cc1C. The molecule has 5 heteroatoms. The number of hydrogen-bond acceptors (Lipinski definition) is 4. The fraction of sp³-hybridized carbons (Fsp3) is 0.385. The molecule has 1 unspecified atom stereocenters. The molecule has 0 saturated carbocycles. The molecule has 0 fully saturated rings. The average Bonchev–Trinajstić information content (AvgIpc) is 2.87. The molecular formula is C13H18N4O. The van der Waals surface area contributed by atoms with Crippen LogP contribution < -0.4 is 10.1 Å². The summed E-state index contributed by atoms with van der Waals surface area (Å²) < 4.78 is 5.33. The maximum Gasteiger partial charge on any atom is 0.145 e. The van der Waals surface area contributed by atoms with E-state index in [9.17, 15) is 0 Å². The Morgan fingerprint density at radius 1 is 1.28 bits per heavy atom. The lowest BCUT2D eigenvalue weighted by atomic mass is 9.98. The summed E-state index contributed by atoms with van der Waals surface area (Å²) >= 11 is 0. The van der Waals surface area contributed by atoms with Crippen molar-refractivity contribution in [2.24, 2.45) is 0 Å². The van der Waals surface area contributed by atoms with Gasteiger partial charge in [0.2, 0.25) is 0 Å². The van der Waals surface area contributed by atoms with Gasteiger partial charge in [-0.15, -0.1) is 0 Å². The first-order chi connectivity index (χ1) is 8.67. The van der Waals surface area contributed by atoms with Crippen LogP contribution in [-0.2, 0) is 0 Å². The predicted octanol–water partition coefficient (Wildman–Crippen LogP) is 1.74. The Kier molecular flexibility index (Phi) is 3.62. The zero-order valence-electron chi connectivity index (χ0n) is 11.1. The van der Waals surface area contributed by atoms with Crippen LogP contribution in [0.4, 0.5) is 0 Å². The Labute approximate surface area is 107 Å². The Balaban J connectivity index is 2.46. The first kappa shape index (κ1) is 12.6. The van der Waals surface area contributed by atoms with Gasteiger partial charge in [-0.05, 0) is 43.7 Å². The normalized spacial score (nSPS) is 12.4. The van der Waals surface area contributed by atoms with Crippen LogP contribution in [0.2, 0.25) is 0 Å². The fourth-order valence-corrected chi connectivity index (χ4v) is 2.14. The van der Waals surface area contributed by atoms with E-state index in [0.717, 1.165) is 22.7 Å². The third-order valence-electron chi connectivity index (χ3n) is 3.09. The number of nitrogens with one attached hydrogen (secondary N) is 2. The third-order valence-corrected chi connectivity index (χ3v) is 3.09. The number of methoxy groups -OCH3 is 1. The van der Waals surface area contributed by atoms with Crippen LogP contribution in [0.3, 0.4) is 0 Å². The largest absolute Gasteiger partial charge is 0.496 e. The quantitative estimate of drug-likeness (QED) is 0.862. The highest BCUT2D eigenvalue weighted by Crippen LogP contribution is 2.28. The Bertz CT molecular complexity index is 522. The van der Waals surface area contributed by atoms with Gasteiger partial charge in [-0.2, -0.15) is 5.10 Å². The molecule has 2 N–H and O–H groups in total. The minimum absolute atomic E-state index is 0.0112. The second kappa shape index (κ2) is 5.18. The number of aromatic nitrogens is 3. The van der Waals surface area contributed by atoms with Gasteiger partial charge in [0.1, 0.15) is 17.9 Å². The molecule has 1 heterocycles. The summed E-state index contributed by atoms with van der Waals surface area (Å²) in [5, 5.41) is 10.1. The number of benzene rings is 1. The van der Waals surface area contributed by atoms with Gasteiger partial charge in [0.05, 0.1) is 13.2 Å². The van der Waals surface area contributed by atoms with E-state index < -0.39 is 0 Å². The van der Waals surface area contributed by atoms with Gasteiger partial charge in [0.25, 0.3) is 0 Å². The second-order valence-corrected chi connectivity index (χ2v) is 4.27. The fourth-order valence-electron chi connectivity index (χ4n) is 2.14. The molecule has 0 radical (unpaired) electrons. The Morgan fingerprint density at radius 3 is 2.61 bits per heavy atom. The van der Waals surface area contributed by atoms with Crippen LogP contribution >= 0.6 is 0 Å². The number of nitrogens with zero attached hydrogens (tertiary/aromatic N) is 2. The van der Waals surface area contributed by atoms with E-state index in [2.05, 4.69) is 33.5 Å². The summed E-state index contributed by atoms with van der Waals surface area (Å²) in [5.74, 6) is 1.72. The molecule has 5 nitrogen and oxygen atoms in total. The van der Waals surface area contributed by atoms with E-state index in [1.54, 1.807) is 7.11 Å². The lowest BCUT2D eigenvalue weighted by molar-refractivity contribution is 0.411. The second-order valence-electron chi connectivity index (χ2n) is 4.27. The molecule has 1 atom stereocenters. The standard InChI is InChI=1S/C13H18N4O/c1-8-6-11(18-4)9(2)5-10(8)12(14-3)13-15-7-16-17-13/h5-7,12,14H,1-4H3,(H,15,16,17). The maximum atomic E-state index is 5.33. The first-order valence-corrected chi connectivity index (χ1v) is 5.85. The van der Waals surface area contributed by atoms with Gasteiger partial charge in [-0.3, -0.25) is 5.10 Å². The number of aromatic amines is 1. The van der Waals surface area contributed by atoms with Crippen LogP contribution in [-0.4, -0.2) is 29.3 Å². The van der Waals surface area contributed by atoms with Crippen molar-refractivity contribution < 1.29 is 4.74 Å². The molecule has 18 heavy (non-hydrogen) atoms. The van der Waals surface area contributed by atoms with E-state index >= 15 is 0 Å². The molecule has 1 aromatic heterocycles. The van der Waals surface area contributed by atoms with Crippen molar-refractivity contribution in [2.45, 2.75) is 19.9 Å². The highest BCUT2D eigenvalue weighted by atomic mass is 16.5. The monoisotopic (exact) mass is 246 g/mol. The van der Waals surface area contributed by atoms with E-state index in [1.165, 1.54) is 11.9 Å². The third kappa shape index (κ3) is 2.22. The van der Waals surface area contributed by atoms with Crippen molar-refractivity contribution in [2.75, 3.05) is 14.2 Å². The van der Waals surface area contributed by atoms with Crippen LogP contribution in [0, 0.1) is 13.8 Å². The summed E-state index contributed by atoms with van der Waals surface area (Å²) in [6.45, 7) is 4.10. The van der Waals surface area contributed by atoms with Crippen LogP contribution in [0.1, 0.15) is 28.6 Å². The highest BCUT2D eigenvalue weighted by molar-refractivity contribution is 5.44. The Morgan fingerprint density at radius 2 is 2.06 bits per heavy atom. The molecule has 0 spiro atoms. The van der Waals surface area contributed by atoms with E-state index in [0.29, 0.717) is 0 Å². The summed E-state index contributed by atoms with van der Waals surface area (Å²) in [4.78, 5) is 4.22. The summed E-state index contributed by atoms with van der Waals surface area (Å²) in [5.41, 5.74) is 3.44. The zero-order valence-corrected chi connectivity index (χ0v) is 11.1. The van der Waals surface area contributed by atoms with Gasteiger partial charge in [-0.25, -0.2) is 4.98 Å². The van der Waals surface area contributed by atoms with Gasteiger partial charge < -0.3 is 10.1 Å². The molecule has 0 bridgehead atoms. The molecule has 0 amide bonds. The molecule has 2 aromatic rings. The summed E-state index contributed by atoms with van der Waals surface area (Å²) in [6.07, 6.45) is 1.52. The van der Waals surface area contributed by atoms with Gasteiger partial charge >= 0.3 is 0 Å². The van der Waals surface area contributed by atoms with Gasteiger partial charge in [-0.1, -0.05) is 6.07 Å². The van der Waals surface area contributed by atoms with Gasteiger partial charge in [0, 0.05) is 0 Å². The number of hydrogen-bond donors (Lipinski definition) is 2. The van der Waals surface area contributed by atoms with Crippen LogP contribution in [0.25, 0.3) is 0 Å². The number of ether oxygens (including phenoxy) is 1. The molecule has 0 aliphatic carbocycles. The van der Waals surface area contributed by atoms with Crippen molar-refractivity contribution in [3.05, 3.63) is 41.0 Å². The van der Waals surface area contributed by atoms with Crippen molar-refractivity contribution in [1.29, 1.82) is 0 Å². The summed E-state index contributed by atoms with van der Waals surface area (Å²) in [6, 6.07) is 4.18. The lowest BCUT2D eigenvalue weighted by Crippen LogP contribution is -2.20. The molecule has 1 aromatic carbocycles. The van der Waals surface area contributed by atoms with Crippen molar-refractivity contribution in [3.63, 3.8) is 0 Å². The topological polar surface area (TPSA) is 62.8 Å². The molecule has 0 aliphatic rings. The van der Waals surface area contributed by atoms with E-state index in [-0.39, 0.29) is 6.04 Å². The average molecular weight is 246 g/mol. The number of H-pyrrole nitrogens is 1. The zero-order chi connectivity index (χ0) is 13.1. The minimum atomic E-state index is 0.0112. The van der Waals surface area contributed by atoms with E-state index in [4.69, 9.17) is 4.74 Å². The van der Waals surface area contributed by atoms with Crippen LogP contribution in [0.5, 0.6) is 5.75 Å². The number of aryl methyl sites for hydroxylation is 2. The van der Waals surface area contributed by atoms with Crippen LogP contribution in [0.15, 0.2) is 18.5 Å². The predicted molar refractivity (Wildman–Crippen MR) is 69.8 cm³/mol. The highest BCUT2D eigenvalue weighted by Gasteiger charge is 2.18. The van der Waals surface area contributed by atoms with Crippen molar-refractivity contribution in [3.8, 4) is 5.75 Å². The molecule has 96 valence electrons. The van der Waals surface area contributed by atoms with E-state index in [1.807, 2.05) is 20.0 Å². The smallest absolute Gasteiger partial charge is 0.145 e. The maximum absolute atomic E-state index is 5.33. The number of rotatable bonds is 4. The molecular weight excluding hydrogens is 228 g/mol. The molecule has 0 aliphatic heterocycles. The van der Waals surface area contributed by atoms with Crippen molar-refractivity contribution >= 4 is 0 Å². The Hall–Kier alpha value is -1.88. The lowest BCUT2D eigenvalue weighted by Gasteiger charge is -2.18. The van der Waals surface area contributed by atoms with Crippen molar-refractivity contribution in [1.82, 2.24) is 20.5 Å².